The predicted octanol–water partition coefficient (Wildman–Crippen LogP) is 2.49. The number of benzene rings is 2. The van der Waals surface area contributed by atoms with Gasteiger partial charge in [-0.25, -0.2) is 0 Å². The number of para-hydroxylation sites is 2. The third-order valence-electron chi connectivity index (χ3n) is 3.77. The SMILES string of the molecule is CCOc1ccccc1OCC(=O)N(CCN)CCc1ccccc1. The quantitative estimate of drug-likeness (QED) is 0.720. The third-order valence-corrected chi connectivity index (χ3v) is 3.77. The highest BCUT2D eigenvalue weighted by Gasteiger charge is 2.14. The lowest BCUT2D eigenvalue weighted by Gasteiger charge is -2.22. The van der Waals surface area contributed by atoms with Crippen LogP contribution in [0.3, 0.4) is 0 Å². The summed E-state index contributed by atoms with van der Waals surface area (Å²) in [5, 5.41) is 0. The number of nitrogens with zero attached hydrogens (tertiary/aromatic N) is 1. The largest absolute Gasteiger partial charge is 0.490 e. The highest BCUT2D eigenvalue weighted by molar-refractivity contribution is 5.77. The van der Waals surface area contributed by atoms with E-state index in [-0.39, 0.29) is 12.5 Å². The normalized spacial score (nSPS) is 10.3. The number of hydrogen-bond donors (Lipinski definition) is 1. The van der Waals surface area contributed by atoms with Gasteiger partial charge in [-0.1, -0.05) is 42.5 Å². The summed E-state index contributed by atoms with van der Waals surface area (Å²) in [6.45, 7) is 3.99. The molecule has 0 bridgehead atoms. The van der Waals surface area contributed by atoms with E-state index >= 15 is 0 Å². The number of ether oxygens (including phenoxy) is 2. The lowest BCUT2D eigenvalue weighted by molar-refractivity contribution is -0.133. The van der Waals surface area contributed by atoms with Crippen molar-refractivity contribution >= 4 is 5.91 Å². The van der Waals surface area contributed by atoms with Crippen LogP contribution in [0, 0.1) is 0 Å². The molecule has 2 N–H and O–H groups in total. The van der Waals surface area contributed by atoms with Crippen LogP contribution in [-0.2, 0) is 11.2 Å². The highest BCUT2D eigenvalue weighted by atomic mass is 16.5. The van der Waals surface area contributed by atoms with E-state index in [9.17, 15) is 4.79 Å². The van der Waals surface area contributed by atoms with Crippen molar-refractivity contribution in [2.24, 2.45) is 5.73 Å². The molecule has 0 aromatic heterocycles. The van der Waals surface area contributed by atoms with E-state index in [1.165, 1.54) is 5.56 Å². The van der Waals surface area contributed by atoms with Crippen molar-refractivity contribution in [2.45, 2.75) is 13.3 Å². The fourth-order valence-corrected chi connectivity index (χ4v) is 2.50. The van der Waals surface area contributed by atoms with Crippen molar-refractivity contribution in [1.82, 2.24) is 4.90 Å². The molecule has 134 valence electrons. The second-order valence-electron chi connectivity index (χ2n) is 5.57. The Morgan fingerprint density at radius 2 is 1.60 bits per heavy atom. The summed E-state index contributed by atoms with van der Waals surface area (Å²) < 4.78 is 11.2. The second kappa shape index (κ2) is 10.4. The molecule has 5 heteroatoms. The fourth-order valence-electron chi connectivity index (χ4n) is 2.50. The van der Waals surface area contributed by atoms with Gasteiger partial charge in [0.2, 0.25) is 0 Å². The lowest BCUT2D eigenvalue weighted by Crippen LogP contribution is -2.39. The average molecular weight is 342 g/mol. The molecule has 0 saturated heterocycles. The summed E-state index contributed by atoms with van der Waals surface area (Å²) in [4.78, 5) is 14.2. The van der Waals surface area contributed by atoms with Crippen molar-refractivity contribution in [2.75, 3.05) is 32.8 Å². The maximum Gasteiger partial charge on any atom is 0.260 e. The van der Waals surface area contributed by atoms with Crippen molar-refractivity contribution in [3.63, 3.8) is 0 Å². The molecule has 5 nitrogen and oxygen atoms in total. The first-order chi connectivity index (χ1) is 12.2. The molecular weight excluding hydrogens is 316 g/mol. The van der Waals surface area contributed by atoms with Crippen molar-refractivity contribution in [1.29, 1.82) is 0 Å². The first-order valence-electron chi connectivity index (χ1n) is 8.61. The van der Waals surface area contributed by atoms with E-state index < -0.39 is 0 Å². The molecule has 0 unspecified atom stereocenters. The standard InChI is InChI=1S/C20H26N2O3/c1-2-24-18-10-6-7-11-19(18)25-16-20(23)22(15-13-21)14-12-17-8-4-3-5-9-17/h3-11H,2,12-16,21H2,1H3. The van der Waals surface area contributed by atoms with Gasteiger partial charge >= 0.3 is 0 Å². The molecule has 1 amide bonds. The van der Waals surface area contributed by atoms with Crippen LogP contribution in [0.4, 0.5) is 0 Å². The van der Waals surface area contributed by atoms with Gasteiger partial charge in [0.15, 0.2) is 18.1 Å². The fraction of sp³-hybridized carbons (Fsp3) is 0.350. The van der Waals surface area contributed by atoms with Crippen molar-refractivity contribution in [3.8, 4) is 11.5 Å². The molecule has 0 aliphatic carbocycles. The van der Waals surface area contributed by atoms with Gasteiger partial charge in [-0.15, -0.1) is 0 Å². The Bertz CT molecular complexity index is 646. The summed E-state index contributed by atoms with van der Waals surface area (Å²) in [6, 6.07) is 17.5. The molecule has 2 rings (SSSR count). The monoisotopic (exact) mass is 342 g/mol. The van der Waals surface area contributed by atoms with Crippen molar-refractivity contribution in [3.05, 3.63) is 60.2 Å². The number of carbonyl (C=O) groups is 1. The summed E-state index contributed by atoms with van der Waals surface area (Å²) in [5.41, 5.74) is 6.85. The second-order valence-corrected chi connectivity index (χ2v) is 5.57. The molecule has 0 heterocycles. The van der Waals surface area contributed by atoms with Crippen LogP contribution in [0.1, 0.15) is 12.5 Å². The molecule has 0 fully saturated rings. The maximum absolute atomic E-state index is 12.5. The summed E-state index contributed by atoms with van der Waals surface area (Å²) in [5.74, 6) is 1.15. The Morgan fingerprint density at radius 1 is 0.960 bits per heavy atom. The minimum absolute atomic E-state index is 0.0289. The van der Waals surface area contributed by atoms with E-state index in [0.717, 1.165) is 6.42 Å². The number of carbonyl (C=O) groups excluding carboxylic acids is 1. The van der Waals surface area contributed by atoms with Crippen LogP contribution >= 0.6 is 0 Å². The molecule has 0 saturated carbocycles. The van der Waals surface area contributed by atoms with Gasteiger partial charge in [-0.05, 0) is 31.0 Å². The molecule has 0 aliphatic heterocycles. The summed E-state index contributed by atoms with van der Waals surface area (Å²) in [7, 11) is 0. The van der Waals surface area contributed by atoms with E-state index in [2.05, 4.69) is 12.1 Å². The van der Waals surface area contributed by atoms with Crippen LogP contribution in [0.2, 0.25) is 0 Å². The third kappa shape index (κ3) is 6.12. The van der Waals surface area contributed by atoms with Crippen LogP contribution in [0.15, 0.2) is 54.6 Å². The highest BCUT2D eigenvalue weighted by Crippen LogP contribution is 2.26. The summed E-state index contributed by atoms with van der Waals surface area (Å²) >= 11 is 0. The van der Waals surface area contributed by atoms with Gasteiger partial charge in [-0.2, -0.15) is 0 Å². The van der Waals surface area contributed by atoms with E-state index in [1.54, 1.807) is 11.0 Å². The van der Waals surface area contributed by atoms with Crippen LogP contribution < -0.4 is 15.2 Å². The number of hydrogen-bond acceptors (Lipinski definition) is 4. The van der Waals surface area contributed by atoms with E-state index in [1.807, 2.05) is 43.3 Å². The lowest BCUT2D eigenvalue weighted by atomic mass is 10.1. The topological polar surface area (TPSA) is 64.8 Å². The minimum Gasteiger partial charge on any atom is -0.490 e. The Hall–Kier alpha value is -2.53. The molecule has 0 aliphatic rings. The number of rotatable bonds is 10. The predicted molar refractivity (Wildman–Crippen MR) is 98.9 cm³/mol. The van der Waals surface area contributed by atoms with Crippen molar-refractivity contribution < 1.29 is 14.3 Å². The summed E-state index contributed by atoms with van der Waals surface area (Å²) in [6.07, 6.45) is 0.794. The zero-order valence-electron chi connectivity index (χ0n) is 14.7. The molecule has 2 aromatic rings. The maximum atomic E-state index is 12.5. The number of nitrogens with two attached hydrogens (primary N) is 1. The van der Waals surface area contributed by atoms with Gasteiger partial charge in [-0.3, -0.25) is 4.79 Å². The average Bonchev–Trinajstić information content (AvgIpc) is 2.65. The number of amides is 1. The van der Waals surface area contributed by atoms with E-state index in [4.69, 9.17) is 15.2 Å². The Balaban J connectivity index is 1.91. The minimum atomic E-state index is -0.0762. The molecule has 0 radical (unpaired) electrons. The zero-order valence-corrected chi connectivity index (χ0v) is 14.7. The Morgan fingerprint density at radius 3 is 2.24 bits per heavy atom. The van der Waals surface area contributed by atoms with E-state index in [0.29, 0.717) is 37.7 Å². The Labute approximate surface area is 149 Å². The zero-order chi connectivity index (χ0) is 17.9. The van der Waals surface area contributed by atoms with Crippen LogP contribution in [0.5, 0.6) is 11.5 Å². The Kier molecular flexibility index (Phi) is 7.79. The molecular formula is C20H26N2O3. The first-order valence-corrected chi connectivity index (χ1v) is 8.61. The van der Waals surface area contributed by atoms with Gasteiger partial charge in [0.05, 0.1) is 6.61 Å². The molecule has 0 atom stereocenters. The molecule has 0 spiro atoms. The smallest absolute Gasteiger partial charge is 0.260 e. The van der Waals surface area contributed by atoms with Crippen LogP contribution in [0.25, 0.3) is 0 Å². The molecule has 25 heavy (non-hydrogen) atoms. The first kappa shape index (κ1) is 18.8. The van der Waals surface area contributed by atoms with Gasteiger partial charge in [0.25, 0.3) is 5.91 Å². The molecule has 2 aromatic carbocycles. The van der Waals surface area contributed by atoms with Crippen LogP contribution in [-0.4, -0.2) is 43.7 Å². The van der Waals surface area contributed by atoms with Gasteiger partial charge in [0, 0.05) is 19.6 Å². The van der Waals surface area contributed by atoms with Gasteiger partial charge < -0.3 is 20.1 Å². The van der Waals surface area contributed by atoms with Gasteiger partial charge in [0.1, 0.15) is 0 Å².